The number of nitrogens with zero attached hydrogens (tertiary/aromatic N) is 1. The first-order valence-corrected chi connectivity index (χ1v) is 8.51. The summed E-state index contributed by atoms with van der Waals surface area (Å²) in [7, 11) is 0. The second kappa shape index (κ2) is 7.76. The number of aryl methyl sites for hydroxylation is 1. The molecule has 0 unspecified atom stereocenters. The van der Waals surface area contributed by atoms with Crippen molar-refractivity contribution in [3.8, 4) is 0 Å². The van der Waals surface area contributed by atoms with Crippen LogP contribution in [0.4, 0.5) is 5.82 Å². The number of benzene rings is 1. The Kier molecular flexibility index (Phi) is 5.25. The molecule has 7 heteroatoms. The summed E-state index contributed by atoms with van der Waals surface area (Å²) in [6.07, 6.45) is -0.942. The van der Waals surface area contributed by atoms with E-state index in [2.05, 4.69) is 10.5 Å². The van der Waals surface area contributed by atoms with E-state index in [9.17, 15) is 9.59 Å². The molecule has 0 aliphatic rings. The van der Waals surface area contributed by atoms with E-state index in [1.807, 2.05) is 23.6 Å². The summed E-state index contributed by atoms with van der Waals surface area (Å²) in [6.45, 7) is 1.72. The lowest BCUT2D eigenvalue weighted by atomic mass is 10.1. The fraction of sp³-hybridized carbons (Fsp3) is 0.167. The molecule has 1 N–H and O–H groups in total. The van der Waals surface area contributed by atoms with E-state index in [4.69, 9.17) is 9.26 Å². The fourth-order valence-electron chi connectivity index (χ4n) is 2.25. The molecule has 128 valence electrons. The molecular formula is C18H16N2O4S. The van der Waals surface area contributed by atoms with E-state index >= 15 is 0 Å². The van der Waals surface area contributed by atoms with Gasteiger partial charge in [0.25, 0.3) is 5.91 Å². The van der Waals surface area contributed by atoms with Crippen LogP contribution in [-0.4, -0.2) is 17.0 Å². The highest BCUT2D eigenvalue weighted by molar-refractivity contribution is 7.10. The molecule has 0 aliphatic heterocycles. The molecule has 25 heavy (non-hydrogen) atoms. The lowest BCUT2D eigenvalue weighted by Crippen LogP contribution is -2.26. The van der Waals surface area contributed by atoms with Crippen molar-refractivity contribution in [2.75, 3.05) is 5.32 Å². The molecule has 0 radical (unpaired) electrons. The summed E-state index contributed by atoms with van der Waals surface area (Å²) >= 11 is 1.46. The second-order valence-electron chi connectivity index (χ2n) is 5.35. The first kappa shape index (κ1) is 16.9. The third-order valence-electron chi connectivity index (χ3n) is 3.37. The number of hydrogen-bond acceptors (Lipinski definition) is 6. The zero-order valence-electron chi connectivity index (χ0n) is 13.5. The zero-order valence-corrected chi connectivity index (χ0v) is 14.3. The van der Waals surface area contributed by atoms with Crippen molar-refractivity contribution in [1.29, 1.82) is 0 Å². The van der Waals surface area contributed by atoms with Gasteiger partial charge in [0.2, 0.25) is 6.10 Å². The first-order valence-electron chi connectivity index (χ1n) is 7.63. The molecule has 0 bridgehead atoms. The summed E-state index contributed by atoms with van der Waals surface area (Å²) in [5, 5.41) is 8.22. The van der Waals surface area contributed by atoms with Gasteiger partial charge < -0.3 is 14.6 Å². The molecule has 3 aromatic rings. The number of carbonyl (C=O) groups is 2. The number of nitrogens with one attached hydrogen (secondary N) is 1. The molecule has 2 aromatic heterocycles. The van der Waals surface area contributed by atoms with Gasteiger partial charge in [-0.1, -0.05) is 41.6 Å². The highest BCUT2D eigenvalue weighted by Gasteiger charge is 2.26. The molecule has 2 heterocycles. The topological polar surface area (TPSA) is 81.4 Å². The van der Waals surface area contributed by atoms with Gasteiger partial charge in [-0.05, 0) is 18.4 Å². The second-order valence-corrected chi connectivity index (χ2v) is 6.38. The molecule has 0 saturated carbocycles. The molecular weight excluding hydrogens is 340 g/mol. The molecule has 0 spiro atoms. The van der Waals surface area contributed by atoms with Crippen molar-refractivity contribution in [1.82, 2.24) is 5.16 Å². The van der Waals surface area contributed by atoms with Crippen LogP contribution >= 0.6 is 11.3 Å². The van der Waals surface area contributed by atoms with Gasteiger partial charge in [0.05, 0.1) is 6.42 Å². The van der Waals surface area contributed by atoms with Crippen LogP contribution in [0.5, 0.6) is 0 Å². The van der Waals surface area contributed by atoms with Gasteiger partial charge in [-0.25, -0.2) is 0 Å². The molecule has 1 aromatic carbocycles. The smallest absolute Gasteiger partial charge is 0.312 e. The fourth-order valence-corrected chi connectivity index (χ4v) is 2.94. The van der Waals surface area contributed by atoms with Gasteiger partial charge in [0, 0.05) is 16.5 Å². The monoisotopic (exact) mass is 356 g/mol. The summed E-state index contributed by atoms with van der Waals surface area (Å²) in [6, 6.07) is 14.2. The predicted molar refractivity (Wildman–Crippen MR) is 93.2 cm³/mol. The average molecular weight is 356 g/mol. The van der Waals surface area contributed by atoms with Crippen molar-refractivity contribution < 1.29 is 18.8 Å². The Morgan fingerprint density at radius 3 is 2.68 bits per heavy atom. The first-order chi connectivity index (χ1) is 12.1. The van der Waals surface area contributed by atoms with Crippen LogP contribution in [-0.2, 0) is 20.7 Å². The van der Waals surface area contributed by atoms with Gasteiger partial charge in [-0.15, -0.1) is 11.3 Å². The minimum absolute atomic E-state index is 0.122. The van der Waals surface area contributed by atoms with Crippen molar-refractivity contribution in [3.05, 3.63) is 70.1 Å². The minimum atomic E-state index is -1.06. The normalized spacial score (nSPS) is 11.7. The number of aromatic nitrogens is 1. The molecule has 6 nitrogen and oxygen atoms in total. The third kappa shape index (κ3) is 4.54. The van der Waals surface area contributed by atoms with E-state index in [1.54, 1.807) is 37.3 Å². The summed E-state index contributed by atoms with van der Waals surface area (Å²) in [4.78, 5) is 25.7. The number of carbonyl (C=O) groups excluding carboxylic acids is 2. The van der Waals surface area contributed by atoms with Gasteiger partial charge in [-0.3, -0.25) is 9.59 Å². The van der Waals surface area contributed by atoms with Gasteiger partial charge in [-0.2, -0.15) is 0 Å². The van der Waals surface area contributed by atoms with E-state index in [1.165, 1.54) is 11.3 Å². The Bertz CT molecular complexity index is 843. The highest BCUT2D eigenvalue weighted by atomic mass is 32.1. The molecule has 1 amide bonds. The van der Waals surface area contributed by atoms with E-state index in [0.717, 1.165) is 4.88 Å². The third-order valence-corrected chi connectivity index (χ3v) is 4.24. The Balaban J connectivity index is 1.75. The number of esters is 1. The summed E-state index contributed by atoms with van der Waals surface area (Å²) < 4.78 is 10.4. The largest absolute Gasteiger partial charge is 0.447 e. The number of anilines is 1. The summed E-state index contributed by atoms with van der Waals surface area (Å²) in [5.41, 5.74) is 0.583. The van der Waals surface area contributed by atoms with Gasteiger partial charge in [0.15, 0.2) is 5.82 Å². The van der Waals surface area contributed by atoms with Crippen LogP contribution in [0.2, 0.25) is 0 Å². The maximum absolute atomic E-state index is 12.6. The molecule has 0 fully saturated rings. The quantitative estimate of drug-likeness (QED) is 0.684. The van der Waals surface area contributed by atoms with Crippen molar-refractivity contribution in [3.63, 3.8) is 0 Å². The summed E-state index contributed by atoms with van der Waals surface area (Å²) in [5.74, 6) is -0.110. The standard InChI is InChI=1S/C18H16N2O4S/c1-12-10-15(20-24-12)19-18(22)17(13-6-3-2-4-7-13)23-16(21)11-14-8-5-9-25-14/h2-10,17H,11H2,1H3,(H,19,20,22)/t17-/m1/s1. The van der Waals surface area contributed by atoms with Crippen LogP contribution < -0.4 is 5.32 Å². The highest BCUT2D eigenvalue weighted by Crippen LogP contribution is 2.21. The van der Waals surface area contributed by atoms with Crippen LogP contribution in [0.3, 0.4) is 0 Å². The average Bonchev–Trinajstić information content (AvgIpc) is 3.25. The Labute approximate surface area is 148 Å². The SMILES string of the molecule is Cc1cc(NC(=O)[C@H](OC(=O)Cc2cccs2)c2ccccc2)no1. The van der Waals surface area contributed by atoms with Crippen LogP contribution in [0.25, 0.3) is 0 Å². The van der Waals surface area contributed by atoms with Gasteiger partial charge in [0.1, 0.15) is 5.76 Å². The van der Waals surface area contributed by atoms with E-state index in [-0.39, 0.29) is 12.2 Å². The lowest BCUT2D eigenvalue weighted by Gasteiger charge is -2.17. The maximum atomic E-state index is 12.6. The molecule has 0 saturated heterocycles. The Morgan fingerprint density at radius 1 is 1.24 bits per heavy atom. The van der Waals surface area contributed by atoms with E-state index in [0.29, 0.717) is 11.3 Å². The maximum Gasteiger partial charge on any atom is 0.312 e. The van der Waals surface area contributed by atoms with Gasteiger partial charge >= 0.3 is 5.97 Å². The van der Waals surface area contributed by atoms with Crippen LogP contribution in [0.1, 0.15) is 22.3 Å². The van der Waals surface area contributed by atoms with Crippen LogP contribution in [0, 0.1) is 6.92 Å². The van der Waals surface area contributed by atoms with Crippen molar-refractivity contribution >= 4 is 29.0 Å². The molecule has 1 atom stereocenters. The Hall–Kier alpha value is -2.93. The number of thiophene rings is 1. The number of hydrogen-bond donors (Lipinski definition) is 1. The Morgan fingerprint density at radius 2 is 2.04 bits per heavy atom. The number of rotatable bonds is 6. The minimum Gasteiger partial charge on any atom is -0.447 e. The van der Waals surface area contributed by atoms with E-state index < -0.39 is 18.0 Å². The zero-order chi connectivity index (χ0) is 17.6. The van der Waals surface area contributed by atoms with Crippen molar-refractivity contribution in [2.24, 2.45) is 0 Å². The van der Waals surface area contributed by atoms with Crippen LogP contribution in [0.15, 0.2) is 58.4 Å². The molecule has 0 aliphatic carbocycles. The molecule has 3 rings (SSSR count). The number of amides is 1. The van der Waals surface area contributed by atoms with Crippen molar-refractivity contribution in [2.45, 2.75) is 19.4 Å². The lowest BCUT2D eigenvalue weighted by molar-refractivity contribution is -0.154. The predicted octanol–water partition coefficient (Wildman–Crippen LogP) is 3.51. The number of ether oxygens (including phenoxy) is 1.